The van der Waals surface area contributed by atoms with Gasteiger partial charge in [-0.2, -0.15) is 0 Å². The molecule has 2 aromatic heterocycles. The Morgan fingerprint density at radius 2 is 1.12 bits per heavy atom. The second-order valence-electron chi connectivity index (χ2n) is 15.4. The summed E-state index contributed by atoms with van der Waals surface area (Å²) in [6.07, 6.45) is 8.60. The van der Waals surface area contributed by atoms with Gasteiger partial charge < -0.3 is 36.3 Å². The fourth-order valence-corrected chi connectivity index (χ4v) is 6.73. The number of nitrogen functional groups attached to an aromatic ring is 2. The van der Waals surface area contributed by atoms with E-state index in [1.54, 1.807) is 12.1 Å². The van der Waals surface area contributed by atoms with Crippen molar-refractivity contribution >= 4 is 35.7 Å². The third-order valence-electron chi connectivity index (χ3n) is 8.91. The number of aromatic nitrogens is 2. The first-order chi connectivity index (χ1) is 23.9. The topological polar surface area (TPSA) is 207 Å². The van der Waals surface area contributed by atoms with E-state index in [1.807, 2.05) is 56.2 Å². The number of anilines is 2. The molecule has 0 aliphatic carbocycles. The van der Waals surface area contributed by atoms with Crippen molar-refractivity contribution in [3.63, 3.8) is 0 Å². The molecule has 51 heavy (non-hydrogen) atoms. The lowest BCUT2D eigenvalue weighted by Crippen LogP contribution is -2.64. The number of carboxylic acid groups (broad SMARTS) is 1. The summed E-state index contributed by atoms with van der Waals surface area (Å²) in [4.78, 5) is 60.9. The number of rotatable bonds is 2. The van der Waals surface area contributed by atoms with Crippen molar-refractivity contribution in [1.82, 2.24) is 30.0 Å². The van der Waals surface area contributed by atoms with Gasteiger partial charge >= 0.3 is 18.2 Å². The molecule has 0 saturated carbocycles. The molecule has 0 spiro atoms. The van der Waals surface area contributed by atoms with Crippen LogP contribution in [0.3, 0.4) is 0 Å². The van der Waals surface area contributed by atoms with Crippen LogP contribution in [0.15, 0.2) is 36.7 Å². The van der Waals surface area contributed by atoms with Crippen molar-refractivity contribution < 1.29 is 33.8 Å². The highest BCUT2D eigenvalue weighted by Gasteiger charge is 2.43. The number of nitrogens with two attached hydrogens (primary N) is 2. The number of nitrogens with zero attached hydrogens (tertiary/aromatic N) is 5. The van der Waals surface area contributed by atoms with Gasteiger partial charge in [0.25, 0.3) is 5.91 Å². The van der Waals surface area contributed by atoms with Gasteiger partial charge in [0.1, 0.15) is 22.8 Å². The summed E-state index contributed by atoms with van der Waals surface area (Å²) in [7, 11) is 0. The molecule has 4 bridgehead atoms. The number of amides is 3. The molecule has 6 heterocycles. The van der Waals surface area contributed by atoms with Crippen molar-refractivity contribution in [1.29, 1.82) is 0 Å². The van der Waals surface area contributed by atoms with Gasteiger partial charge in [-0.05, 0) is 104 Å². The average Bonchev–Trinajstić information content (AvgIpc) is 3.03. The summed E-state index contributed by atoms with van der Waals surface area (Å²) < 4.78 is 11.0. The predicted octanol–water partition coefficient (Wildman–Crippen LogP) is 4.39. The molecule has 0 aromatic carbocycles. The number of pyridine rings is 2. The third-order valence-corrected chi connectivity index (χ3v) is 8.91. The van der Waals surface area contributed by atoms with Crippen LogP contribution >= 0.6 is 0 Å². The van der Waals surface area contributed by atoms with E-state index in [9.17, 15) is 19.2 Å². The molecule has 15 heteroatoms. The summed E-state index contributed by atoms with van der Waals surface area (Å²) in [6, 6.07) is 6.87. The number of piperazine rings is 2. The Morgan fingerprint density at radius 1 is 0.706 bits per heavy atom. The van der Waals surface area contributed by atoms with Gasteiger partial charge in [0.15, 0.2) is 0 Å². The predicted molar refractivity (Wildman–Crippen MR) is 192 cm³/mol. The van der Waals surface area contributed by atoms with Gasteiger partial charge in [-0.15, -0.1) is 0 Å². The molecule has 6 N–H and O–H groups in total. The van der Waals surface area contributed by atoms with Gasteiger partial charge in [-0.25, -0.2) is 24.4 Å². The van der Waals surface area contributed by atoms with Gasteiger partial charge in [0.05, 0.1) is 23.2 Å². The van der Waals surface area contributed by atoms with Crippen molar-refractivity contribution in [3.8, 4) is 0 Å². The van der Waals surface area contributed by atoms with Gasteiger partial charge in [0.2, 0.25) is 0 Å². The monoisotopic (exact) mass is 710 g/mol. The highest BCUT2D eigenvalue weighted by molar-refractivity contribution is 5.94. The van der Waals surface area contributed by atoms with E-state index < -0.39 is 17.2 Å². The van der Waals surface area contributed by atoms with Gasteiger partial charge in [-0.1, -0.05) is 0 Å². The molecule has 4 aliphatic heterocycles. The quantitative estimate of drug-likeness (QED) is 0.343. The second-order valence-corrected chi connectivity index (χ2v) is 15.4. The van der Waals surface area contributed by atoms with Crippen LogP contribution in [-0.4, -0.2) is 115 Å². The molecular formula is C36H54N8O7. The van der Waals surface area contributed by atoms with Crippen molar-refractivity contribution in [2.75, 3.05) is 37.6 Å². The summed E-state index contributed by atoms with van der Waals surface area (Å²) in [5.41, 5.74) is 10.6. The number of ether oxygens (including phenoxy) is 2. The Morgan fingerprint density at radius 3 is 1.51 bits per heavy atom. The van der Waals surface area contributed by atoms with E-state index in [0.29, 0.717) is 42.4 Å². The SMILES string of the molecule is CC(C)(C)OC(=O)N1C2CCCC1CN(C(=O)c1ccc(N)nc1)C2.CC(C)(C)OC(=O)N1C2CCCC1CNC2.Nc1ccc(C(=O)O)cn1. The molecule has 4 unspecified atom stereocenters. The second kappa shape index (κ2) is 16.6. The van der Waals surface area contributed by atoms with Crippen LogP contribution in [0, 0.1) is 0 Å². The number of aromatic carboxylic acids is 1. The van der Waals surface area contributed by atoms with Crippen LogP contribution in [-0.2, 0) is 9.47 Å². The molecule has 15 nitrogen and oxygen atoms in total. The number of carbonyl (C=O) groups is 4. The molecule has 4 fully saturated rings. The number of carboxylic acids is 1. The molecule has 4 saturated heterocycles. The standard InChI is InChI=1S/C18H26N4O3.C12H22N2O2.C6H6N2O2/c1-18(2,3)25-17(24)22-13-5-4-6-14(22)11-21(10-13)16(23)12-7-8-15(19)20-9-12;1-12(2,3)16-11(15)14-9-5-4-6-10(14)8-13-7-9;7-5-2-1-4(3-8-5)6(9)10/h7-9,13-14H,4-6,10-11H2,1-3H3,(H2,19,20);9-10,13H,4-8H2,1-3H3;1-3H,(H2,7,8)(H,9,10). The molecule has 3 amide bonds. The molecule has 2 aromatic rings. The lowest BCUT2D eigenvalue weighted by atomic mass is 9.91. The third kappa shape index (κ3) is 11.2. The normalized spacial score (nSPS) is 22.7. The fourth-order valence-electron chi connectivity index (χ4n) is 6.73. The number of hydrogen-bond donors (Lipinski definition) is 4. The van der Waals surface area contributed by atoms with E-state index in [1.165, 1.54) is 30.9 Å². The summed E-state index contributed by atoms with van der Waals surface area (Å²) in [5, 5.41) is 11.8. The maximum Gasteiger partial charge on any atom is 0.410 e. The Labute approximate surface area is 300 Å². The molecule has 0 radical (unpaired) electrons. The van der Waals surface area contributed by atoms with Crippen LogP contribution in [0.2, 0.25) is 0 Å². The van der Waals surface area contributed by atoms with Gasteiger partial charge in [0, 0.05) is 50.7 Å². The van der Waals surface area contributed by atoms with Gasteiger partial charge in [-0.3, -0.25) is 14.6 Å². The number of fused-ring (bicyclic) bond motifs is 4. The zero-order chi connectivity index (χ0) is 37.5. The Hall–Kier alpha value is -4.66. The average molecular weight is 711 g/mol. The first-order valence-electron chi connectivity index (χ1n) is 17.6. The fraction of sp³-hybridized carbons (Fsp3) is 0.611. The summed E-state index contributed by atoms with van der Waals surface area (Å²) in [5.74, 6) is -0.339. The van der Waals surface area contributed by atoms with E-state index in [2.05, 4.69) is 15.3 Å². The maximum atomic E-state index is 12.8. The molecule has 6 rings (SSSR count). The van der Waals surface area contributed by atoms with E-state index in [0.717, 1.165) is 45.2 Å². The van der Waals surface area contributed by atoms with E-state index in [-0.39, 0.29) is 35.7 Å². The minimum Gasteiger partial charge on any atom is -0.478 e. The largest absolute Gasteiger partial charge is 0.478 e. The highest BCUT2D eigenvalue weighted by atomic mass is 16.6. The zero-order valence-electron chi connectivity index (χ0n) is 30.6. The number of piperidine rings is 2. The number of likely N-dealkylation sites (tertiary alicyclic amines) is 1. The minimum absolute atomic E-state index is 0.00745. The summed E-state index contributed by atoms with van der Waals surface area (Å²) in [6.45, 7) is 14.2. The Bertz CT molecular complexity index is 1470. The summed E-state index contributed by atoms with van der Waals surface area (Å²) >= 11 is 0. The van der Waals surface area contributed by atoms with Crippen LogP contribution in [0.5, 0.6) is 0 Å². The lowest BCUT2D eigenvalue weighted by molar-refractivity contribution is -0.0335. The molecular weight excluding hydrogens is 656 g/mol. The van der Waals surface area contributed by atoms with Crippen LogP contribution < -0.4 is 16.8 Å². The van der Waals surface area contributed by atoms with Crippen molar-refractivity contribution in [2.45, 2.75) is 115 Å². The van der Waals surface area contributed by atoms with Crippen molar-refractivity contribution in [3.05, 3.63) is 47.8 Å². The molecule has 4 aliphatic rings. The minimum atomic E-state index is -0.993. The van der Waals surface area contributed by atoms with Crippen LogP contribution in [0.1, 0.15) is 101 Å². The lowest BCUT2D eigenvalue weighted by Gasteiger charge is -2.49. The highest BCUT2D eigenvalue weighted by Crippen LogP contribution is 2.31. The number of hydrogen-bond acceptors (Lipinski definition) is 11. The molecule has 280 valence electrons. The first kappa shape index (κ1) is 39.1. The maximum absolute atomic E-state index is 12.8. The number of nitrogens with one attached hydrogen (secondary N) is 1. The smallest absolute Gasteiger partial charge is 0.410 e. The van der Waals surface area contributed by atoms with Crippen molar-refractivity contribution in [2.24, 2.45) is 0 Å². The molecule has 4 atom stereocenters. The van der Waals surface area contributed by atoms with E-state index in [4.69, 9.17) is 26.0 Å². The Kier molecular flexibility index (Phi) is 12.7. The zero-order valence-corrected chi connectivity index (χ0v) is 30.6. The number of carbonyl (C=O) groups excluding carboxylic acids is 3. The van der Waals surface area contributed by atoms with Crippen LogP contribution in [0.4, 0.5) is 21.2 Å². The Balaban J connectivity index is 0.000000191. The first-order valence-corrected chi connectivity index (χ1v) is 17.6. The van der Waals surface area contributed by atoms with E-state index >= 15 is 0 Å². The van der Waals surface area contributed by atoms with Crippen LogP contribution in [0.25, 0.3) is 0 Å².